The molecular formula is C14H18BrN3O. The van der Waals surface area contributed by atoms with E-state index in [1.54, 1.807) is 0 Å². The van der Waals surface area contributed by atoms with Crippen molar-refractivity contribution in [3.8, 4) is 0 Å². The summed E-state index contributed by atoms with van der Waals surface area (Å²) in [5.41, 5.74) is 3.30. The molecule has 2 rings (SSSR count). The molecule has 0 unspecified atom stereocenters. The van der Waals surface area contributed by atoms with Gasteiger partial charge in [0.05, 0.1) is 10.2 Å². The van der Waals surface area contributed by atoms with Gasteiger partial charge in [-0.05, 0) is 55.3 Å². The molecule has 0 aliphatic carbocycles. The van der Waals surface area contributed by atoms with Gasteiger partial charge in [-0.25, -0.2) is 4.98 Å². The molecule has 0 atom stereocenters. The van der Waals surface area contributed by atoms with Crippen molar-refractivity contribution in [1.82, 2.24) is 14.3 Å². The molecule has 0 aromatic carbocycles. The van der Waals surface area contributed by atoms with Crippen molar-refractivity contribution in [2.45, 2.75) is 27.7 Å². The second-order valence-electron chi connectivity index (χ2n) is 4.58. The summed E-state index contributed by atoms with van der Waals surface area (Å²) in [6.45, 7) is 9.27. The number of halogens is 1. The molecule has 4 nitrogen and oxygen atoms in total. The highest BCUT2D eigenvalue weighted by Gasteiger charge is 2.21. The van der Waals surface area contributed by atoms with Gasteiger partial charge in [0.1, 0.15) is 5.69 Å². The Hall–Kier alpha value is -1.36. The highest BCUT2D eigenvalue weighted by Crippen LogP contribution is 2.23. The fourth-order valence-corrected chi connectivity index (χ4v) is 2.90. The van der Waals surface area contributed by atoms with Crippen LogP contribution in [-0.2, 0) is 0 Å². The molecule has 1 amide bonds. The molecule has 0 spiro atoms. The Balaban J connectivity index is 2.66. The van der Waals surface area contributed by atoms with Crippen molar-refractivity contribution in [3.05, 3.63) is 33.7 Å². The maximum Gasteiger partial charge on any atom is 0.272 e. The van der Waals surface area contributed by atoms with Crippen LogP contribution in [0.1, 0.15) is 35.6 Å². The zero-order chi connectivity index (χ0) is 14.2. The van der Waals surface area contributed by atoms with Crippen molar-refractivity contribution < 1.29 is 4.79 Å². The average Bonchev–Trinajstić information content (AvgIpc) is 2.67. The average molecular weight is 324 g/mol. The Kier molecular flexibility index (Phi) is 3.94. The molecule has 0 fully saturated rings. The van der Waals surface area contributed by atoms with Crippen molar-refractivity contribution >= 4 is 27.5 Å². The summed E-state index contributed by atoms with van der Waals surface area (Å²) < 4.78 is 2.80. The molecule has 0 bridgehead atoms. The van der Waals surface area contributed by atoms with E-state index < -0.39 is 0 Å². The normalized spacial score (nSPS) is 11.0. The third-order valence-corrected chi connectivity index (χ3v) is 3.82. The second-order valence-corrected chi connectivity index (χ2v) is 5.44. The number of carbonyl (C=O) groups is 1. The Labute approximate surface area is 121 Å². The molecule has 2 aromatic rings. The molecule has 0 N–H and O–H groups in total. The lowest BCUT2D eigenvalue weighted by Gasteiger charge is -2.18. The number of aryl methyl sites for hydroxylation is 2. The first-order valence-electron chi connectivity index (χ1n) is 6.43. The summed E-state index contributed by atoms with van der Waals surface area (Å²) in [5, 5.41) is 0. The molecule has 2 heterocycles. The number of aromatic nitrogens is 2. The number of hydrogen-bond acceptors (Lipinski definition) is 2. The number of nitrogens with zero attached hydrogens (tertiary/aromatic N) is 3. The zero-order valence-electron chi connectivity index (χ0n) is 11.7. The van der Waals surface area contributed by atoms with Gasteiger partial charge in [-0.1, -0.05) is 0 Å². The molecule has 2 aromatic heterocycles. The van der Waals surface area contributed by atoms with E-state index in [-0.39, 0.29) is 5.91 Å². The Morgan fingerprint density at radius 1 is 1.37 bits per heavy atom. The van der Waals surface area contributed by atoms with Crippen LogP contribution in [0.5, 0.6) is 0 Å². The molecule has 102 valence electrons. The summed E-state index contributed by atoms with van der Waals surface area (Å²) in [4.78, 5) is 18.9. The first-order chi connectivity index (χ1) is 8.99. The van der Waals surface area contributed by atoms with Crippen LogP contribution in [0.3, 0.4) is 0 Å². The summed E-state index contributed by atoms with van der Waals surface area (Å²) >= 11 is 3.51. The van der Waals surface area contributed by atoms with Crippen molar-refractivity contribution in [3.63, 3.8) is 0 Å². The van der Waals surface area contributed by atoms with Crippen LogP contribution in [0.25, 0.3) is 5.65 Å². The van der Waals surface area contributed by atoms with Crippen LogP contribution in [0.15, 0.2) is 16.7 Å². The third kappa shape index (κ3) is 2.39. The number of pyridine rings is 1. The minimum Gasteiger partial charge on any atom is -0.338 e. The van der Waals surface area contributed by atoms with Crippen LogP contribution in [0.4, 0.5) is 0 Å². The van der Waals surface area contributed by atoms with Crippen molar-refractivity contribution in [2.24, 2.45) is 0 Å². The summed E-state index contributed by atoms with van der Waals surface area (Å²) in [7, 11) is 0. The summed E-state index contributed by atoms with van der Waals surface area (Å²) in [6, 6.07) is 2.01. The monoisotopic (exact) mass is 323 g/mol. The van der Waals surface area contributed by atoms with Crippen LogP contribution in [-0.4, -0.2) is 33.3 Å². The maximum atomic E-state index is 12.6. The number of carbonyl (C=O) groups excluding carboxylic acids is 1. The molecule has 0 radical (unpaired) electrons. The van der Waals surface area contributed by atoms with Crippen LogP contribution >= 0.6 is 15.9 Å². The third-order valence-electron chi connectivity index (χ3n) is 3.24. The van der Waals surface area contributed by atoms with E-state index in [4.69, 9.17) is 0 Å². The van der Waals surface area contributed by atoms with Gasteiger partial charge in [0, 0.05) is 19.3 Å². The van der Waals surface area contributed by atoms with E-state index in [0.29, 0.717) is 18.8 Å². The first kappa shape index (κ1) is 14.1. The predicted molar refractivity (Wildman–Crippen MR) is 79.6 cm³/mol. The summed E-state index contributed by atoms with van der Waals surface area (Å²) in [5.74, 6) is 0.0347. The van der Waals surface area contributed by atoms with Gasteiger partial charge in [-0.3, -0.25) is 9.20 Å². The number of imidazole rings is 1. The lowest BCUT2D eigenvalue weighted by Crippen LogP contribution is -2.31. The molecule has 5 heteroatoms. The SMILES string of the molecule is CCN(CC)C(=O)c1c(C)nc2c(Br)cc(C)cn12. The Morgan fingerprint density at radius 2 is 2.00 bits per heavy atom. The van der Waals surface area contributed by atoms with Gasteiger partial charge in [-0.15, -0.1) is 0 Å². The summed E-state index contributed by atoms with van der Waals surface area (Å²) in [6.07, 6.45) is 1.96. The Bertz CT molecular complexity index is 629. The standard InChI is InChI=1S/C14H18BrN3O/c1-5-17(6-2)14(19)12-10(4)16-13-11(15)7-9(3)8-18(12)13/h7-8H,5-6H2,1-4H3. The number of hydrogen-bond donors (Lipinski definition) is 0. The molecule has 19 heavy (non-hydrogen) atoms. The van der Waals surface area contributed by atoms with E-state index in [0.717, 1.165) is 21.4 Å². The molecule has 0 saturated carbocycles. The molecule has 0 aliphatic heterocycles. The van der Waals surface area contributed by atoms with Gasteiger partial charge >= 0.3 is 0 Å². The van der Waals surface area contributed by atoms with Crippen LogP contribution in [0.2, 0.25) is 0 Å². The van der Waals surface area contributed by atoms with Gasteiger partial charge in [-0.2, -0.15) is 0 Å². The Morgan fingerprint density at radius 3 is 2.58 bits per heavy atom. The minimum atomic E-state index is 0.0347. The van der Waals surface area contributed by atoms with Crippen molar-refractivity contribution in [2.75, 3.05) is 13.1 Å². The maximum absolute atomic E-state index is 12.6. The lowest BCUT2D eigenvalue weighted by molar-refractivity contribution is 0.0765. The first-order valence-corrected chi connectivity index (χ1v) is 7.23. The predicted octanol–water partition coefficient (Wildman–Crippen LogP) is 3.20. The van der Waals surface area contributed by atoms with Gasteiger partial charge in [0.2, 0.25) is 0 Å². The quantitative estimate of drug-likeness (QED) is 0.869. The van der Waals surface area contributed by atoms with E-state index in [1.807, 2.05) is 49.3 Å². The van der Waals surface area contributed by atoms with Gasteiger partial charge < -0.3 is 4.90 Å². The van der Waals surface area contributed by atoms with Gasteiger partial charge in [0.15, 0.2) is 5.65 Å². The largest absolute Gasteiger partial charge is 0.338 e. The van der Waals surface area contributed by atoms with Gasteiger partial charge in [0.25, 0.3) is 5.91 Å². The topological polar surface area (TPSA) is 37.6 Å². The smallest absolute Gasteiger partial charge is 0.272 e. The minimum absolute atomic E-state index is 0.0347. The fourth-order valence-electron chi connectivity index (χ4n) is 2.26. The van der Waals surface area contributed by atoms with E-state index in [9.17, 15) is 4.79 Å². The van der Waals surface area contributed by atoms with Crippen LogP contribution in [0, 0.1) is 13.8 Å². The zero-order valence-corrected chi connectivity index (χ0v) is 13.3. The fraction of sp³-hybridized carbons (Fsp3) is 0.429. The molecule has 0 aliphatic rings. The molecular weight excluding hydrogens is 306 g/mol. The number of rotatable bonds is 3. The highest BCUT2D eigenvalue weighted by atomic mass is 79.9. The van der Waals surface area contributed by atoms with E-state index >= 15 is 0 Å². The molecule has 0 saturated heterocycles. The lowest BCUT2D eigenvalue weighted by atomic mass is 10.2. The van der Waals surface area contributed by atoms with Crippen LogP contribution < -0.4 is 0 Å². The van der Waals surface area contributed by atoms with E-state index in [1.165, 1.54) is 0 Å². The number of fused-ring (bicyclic) bond motifs is 1. The second kappa shape index (κ2) is 5.33. The van der Waals surface area contributed by atoms with E-state index in [2.05, 4.69) is 20.9 Å². The highest BCUT2D eigenvalue weighted by molar-refractivity contribution is 9.10. The van der Waals surface area contributed by atoms with Crippen molar-refractivity contribution in [1.29, 1.82) is 0 Å². The number of amides is 1.